The van der Waals surface area contributed by atoms with Crippen LogP contribution >= 0.6 is 0 Å². The number of phenolic OH excluding ortho intramolecular Hbond substituents is 2. The third kappa shape index (κ3) is 11.3. The first-order valence-corrected chi connectivity index (χ1v) is 16.1. The van der Waals surface area contributed by atoms with Gasteiger partial charge >= 0.3 is 8.80 Å². The summed E-state index contributed by atoms with van der Waals surface area (Å²) in [5.41, 5.74) is 12.5. The van der Waals surface area contributed by atoms with Gasteiger partial charge in [-0.05, 0) is 81.8 Å². The normalized spacial score (nSPS) is 17.4. The number of nitrogens with zero attached hydrogens (tertiary/aromatic N) is 2. The Bertz CT molecular complexity index is 1070. The molecule has 3 rings (SSSR count). The zero-order chi connectivity index (χ0) is 29.7. The Hall–Kier alpha value is -2.03. The van der Waals surface area contributed by atoms with E-state index in [1.807, 2.05) is 58.9 Å². The fraction of sp³-hybridized carbons (Fsp3) is 0.548. The van der Waals surface area contributed by atoms with Gasteiger partial charge < -0.3 is 29.2 Å². The van der Waals surface area contributed by atoms with Crippen molar-refractivity contribution in [1.29, 1.82) is 0 Å². The summed E-state index contributed by atoms with van der Waals surface area (Å²) >= 11 is 0. The number of aliphatic imine (C=N–C) groups is 2. The Balaban J connectivity index is 0.000000551. The molecule has 1 aliphatic rings. The molecule has 0 amide bonds. The Morgan fingerprint density at radius 1 is 0.854 bits per heavy atom. The van der Waals surface area contributed by atoms with Crippen molar-refractivity contribution in [2.75, 3.05) is 27.4 Å². The van der Waals surface area contributed by atoms with Crippen molar-refractivity contribution >= 4 is 21.2 Å². The minimum atomic E-state index is -2.38. The van der Waals surface area contributed by atoms with E-state index in [1.54, 1.807) is 26.6 Å². The summed E-state index contributed by atoms with van der Waals surface area (Å²) in [6.07, 6.45) is 8.62. The number of hydrogen-bond acceptors (Lipinski definition) is 7. The van der Waals surface area contributed by atoms with Crippen molar-refractivity contribution in [3.63, 3.8) is 0 Å². The first kappa shape index (κ1) is 37.0. The van der Waals surface area contributed by atoms with Crippen LogP contribution in [0.1, 0.15) is 72.4 Å². The monoisotopic (exact) mass is 622 g/mol. The van der Waals surface area contributed by atoms with Crippen molar-refractivity contribution < 1.29 is 40.9 Å². The van der Waals surface area contributed by atoms with Gasteiger partial charge in [0.05, 0.1) is 12.1 Å². The number of rotatable bonds is 11. The summed E-state index contributed by atoms with van der Waals surface area (Å²) in [7, 11) is 0.829. The number of benzene rings is 2. The minimum Gasteiger partial charge on any atom is -0.677 e. The van der Waals surface area contributed by atoms with Gasteiger partial charge in [0, 0.05) is 67.8 Å². The fourth-order valence-corrected chi connectivity index (χ4v) is 6.98. The molecule has 3 N–H and O–H groups in total. The molecule has 0 heterocycles. The summed E-state index contributed by atoms with van der Waals surface area (Å²) in [6.45, 7) is 10.8. The first-order chi connectivity index (χ1) is 19.1. The second kappa shape index (κ2) is 18.5. The predicted octanol–water partition coefficient (Wildman–Crippen LogP) is 6.88. The molecule has 2 aromatic rings. The molecule has 1 aliphatic carbocycles. The third-order valence-electron chi connectivity index (χ3n) is 7.10. The van der Waals surface area contributed by atoms with Crippen LogP contribution in [-0.2, 0) is 30.6 Å². The molecule has 10 heteroatoms. The molecule has 0 radical (unpaired) electrons. The van der Waals surface area contributed by atoms with Crippen molar-refractivity contribution in [3.05, 3.63) is 63.4 Å². The Kier molecular flexibility index (Phi) is 16.7. The van der Waals surface area contributed by atoms with Crippen LogP contribution in [0.15, 0.2) is 34.3 Å². The Morgan fingerprint density at radius 2 is 1.29 bits per heavy atom. The predicted molar refractivity (Wildman–Crippen MR) is 166 cm³/mol. The molecule has 0 aromatic heterocycles. The summed E-state index contributed by atoms with van der Waals surface area (Å²) in [4.78, 5) is 9.57. The van der Waals surface area contributed by atoms with Crippen molar-refractivity contribution in [3.8, 4) is 11.5 Å². The second-order valence-corrected chi connectivity index (χ2v) is 13.4. The number of nitrogens with one attached hydrogen (secondary N) is 1. The van der Waals surface area contributed by atoms with Crippen LogP contribution in [0.5, 0.6) is 11.5 Å². The van der Waals surface area contributed by atoms with Gasteiger partial charge in [0.1, 0.15) is 11.5 Å². The first-order valence-electron chi connectivity index (χ1n) is 14.1. The maximum atomic E-state index is 10.3. The van der Waals surface area contributed by atoms with Crippen LogP contribution in [-0.4, -0.2) is 70.9 Å². The number of phenols is 2. The molecular formula is C31H48CrN3O5Si-. The second-order valence-electron chi connectivity index (χ2n) is 10.4. The smallest absolute Gasteiger partial charge is 0.500 e. The number of hydrogen-bond donors (Lipinski definition) is 2. The molecule has 41 heavy (non-hydrogen) atoms. The third-order valence-corrected chi connectivity index (χ3v) is 10.0. The molecule has 8 nitrogen and oxygen atoms in total. The summed E-state index contributed by atoms with van der Waals surface area (Å²) in [5.74, 6) is 0.593. The van der Waals surface area contributed by atoms with Gasteiger partial charge in [0.2, 0.25) is 0 Å². The summed E-state index contributed by atoms with van der Waals surface area (Å²) in [5, 5.41) is 20.6. The standard InChI is InChI=1S/C24H30N2O2.C7H18NO3Si.Cr/c1-15-9-17(3)23(27)19(11-15)13-25-21-7-5-6-8-22(21)26-14-20-12-16(2)10-18(4)24(20)28;1-4-11-12(9-2,10-3)7-5-6-8;/h9-14,21-22,27-28H,5-8H2,1-4H3;8H,4-7H2,1-3H3;/q;-1;. The molecule has 0 spiro atoms. The van der Waals surface area contributed by atoms with Crippen LogP contribution in [0.25, 0.3) is 5.73 Å². The molecule has 2 atom stereocenters. The zero-order valence-corrected chi connectivity index (χ0v) is 28.0. The molecule has 0 saturated heterocycles. The molecule has 0 aliphatic heterocycles. The van der Waals surface area contributed by atoms with Gasteiger partial charge in [-0.15, -0.1) is 0 Å². The van der Waals surface area contributed by atoms with E-state index in [2.05, 4.69) is 0 Å². The summed E-state index contributed by atoms with van der Waals surface area (Å²) < 4.78 is 15.9. The SMILES string of the molecule is CCO[Si](CCC[NH-])(OC)OC.Cc1cc(C)c(O)c(C=NC2CCCCC2N=Cc2cc(C)cc(C)c2O)c1.[Cr]. The van der Waals surface area contributed by atoms with Gasteiger partial charge in [-0.1, -0.05) is 31.4 Å². The van der Waals surface area contributed by atoms with Gasteiger partial charge in [-0.25, -0.2) is 0 Å². The van der Waals surface area contributed by atoms with Crippen LogP contribution in [0.4, 0.5) is 0 Å². The van der Waals surface area contributed by atoms with E-state index < -0.39 is 8.80 Å². The quantitative estimate of drug-likeness (QED) is 0.209. The molecule has 2 aromatic carbocycles. The minimum absolute atomic E-state index is 0. The fourth-order valence-electron chi connectivity index (χ4n) is 4.98. The van der Waals surface area contributed by atoms with Crippen LogP contribution in [0.3, 0.4) is 0 Å². The van der Waals surface area contributed by atoms with E-state index in [0.29, 0.717) is 24.7 Å². The van der Waals surface area contributed by atoms with Crippen LogP contribution < -0.4 is 0 Å². The van der Waals surface area contributed by atoms with Gasteiger partial charge in [0.25, 0.3) is 0 Å². The Labute approximate surface area is 258 Å². The van der Waals surface area contributed by atoms with Gasteiger partial charge in [-0.3, -0.25) is 9.98 Å². The average molecular weight is 623 g/mol. The summed E-state index contributed by atoms with van der Waals surface area (Å²) in [6, 6.07) is 8.78. The van der Waals surface area contributed by atoms with Crippen molar-refractivity contribution in [2.45, 2.75) is 84.9 Å². The zero-order valence-electron chi connectivity index (χ0n) is 25.7. The molecule has 0 bridgehead atoms. The topological polar surface area (TPSA) is 117 Å². The molecular weight excluding hydrogens is 574 g/mol. The average Bonchev–Trinajstić information content (AvgIpc) is 2.94. The number of aryl methyl sites for hydroxylation is 4. The molecule has 228 valence electrons. The Morgan fingerprint density at radius 3 is 1.66 bits per heavy atom. The van der Waals surface area contributed by atoms with Crippen LogP contribution in [0, 0.1) is 27.7 Å². The van der Waals surface area contributed by atoms with E-state index in [-0.39, 0.29) is 29.4 Å². The van der Waals surface area contributed by atoms with E-state index >= 15 is 0 Å². The maximum absolute atomic E-state index is 10.3. The van der Waals surface area contributed by atoms with E-state index in [1.165, 1.54) is 0 Å². The van der Waals surface area contributed by atoms with Crippen molar-refractivity contribution in [1.82, 2.24) is 0 Å². The van der Waals surface area contributed by atoms with Crippen LogP contribution in [0.2, 0.25) is 6.04 Å². The molecule has 2 unspecified atom stereocenters. The van der Waals surface area contributed by atoms with Gasteiger partial charge in [-0.2, -0.15) is 6.54 Å². The molecule has 1 saturated carbocycles. The van der Waals surface area contributed by atoms with E-state index in [0.717, 1.165) is 71.5 Å². The van der Waals surface area contributed by atoms with E-state index in [9.17, 15) is 10.2 Å². The van der Waals surface area contributed by atoms with Gasteiger partial charge in [0.15, 0.2) is 0 Å². The maximum Gasteiger partial charge on any atom is 0.500 e. The number of aromatic hydroxyl groups is 2. The molecule has 1 fully saturated rings. The largest absolute Gasteiger partial charge is 0.677 e. The van der Waals surface area contributed by atoms with Crippen molar-refractivity contribution in [2.24, 2.45) is 9.98 Å². The van der Waals surface area contributed by atoms with E-state index in [4.69, 9.17) is 29.0 Å².